The molecule has 1 saturated carbocycles. The minimum Gasteiger partial charge on any atom is -0.378 e. The first-order chi connectivity index (χ1) is 6.15. The number of rotatable bonds is 3. The highest BCUT2D eigenvalue weighted by Gasteiger charge is 2.30. The second kappa shape index (κ2) is 4.99. The molecule has 0 amide bonds. The number of ether oxygens (including phenoxy) is 1. The van der Waals surface area contributed by atoms with Gasteiger partial charge in [-0.3, -0.25) is 0 Å². The SMILES string of the molecule is CCO[C@H]1C[C@@H](C)CC[C@@H]1C(C)C. The summed E-state index contributed by atoms with van der Waals surface area (Å²) in [5.74, 6) is 2.45. The van der Waals surface area contributed by atoms with Gasteiger partial charge in [-0.2, -0.15) is 0 Å². The lowest BCUT2D eigenvalue weighted by Gasteiger charge is -2.36. The van der Waals surface area contributed by atoms with E-state index in [1.807, 2.05) is 0 Å². The van der Waals surface area contributed by atoms with Crippen LogP contribution in [0.4, 0.5) is 0 Å². The van der Waals surface area contributed by atoms with Crippen molar-refractivity contribution in [1.29, 1.82) is 0 Å². The molecule has 1 fully saturated rings. The predicted molar refractivity (Wildman–Crippen MR) is 56.8 cm³/mol. The molecule has 0 aromatic carbocycles. The van der Waals surface area contributed by atoms with Crippen molar-refractivity contribution in [3.63, 3.8) is 0 Å². The highest BCUT2D eigenvalue weighted by molar-refractivity contribution is 4.81. The molecule has 1 aliphatic carbocycles. The third-order valence-electron chi connectivity index (χ3n) is 3.34. The zero-order chi connectivity index (χ0) is 9.84. The van der Waals surface area contributed by atoms with E-state index in [9.17, 15) is 0 Å². The molecule has 0 aromatic heterocycles. The van der Waals surface area contributed by atoms with E-state index in [2.05, 4.69) is 27.7 Å². The van der Waals surface area contributed by atoms with E-state index in [0.29, 0.717) is 6.10 Å². The molecule has 13 heavy (non-hydrogen) atoms. The molecule has 1 heteroatoms. The van der Waals surface area contributed by atoms with Gasteiger partial charge < -0.3 is 4.74 Å². The first kappa shape index (κ1) is 11.0. The Kier molecular flexibility index (Phi) is 4.24. The second-order valence-corrected chi connectivity index (χ2v) is 4.82. The fourth-order valence-corrected chi connectivity index (χ4v) is 2.52. The summed E-state index contributed by atoms with van der Waals surface area (Å²) in [6.07, 6.45) is 4.57. The summed E-state index contributed by atoms with van der Waals surface area (Å²) in [6.45, 7) is 9.99. The Bertz CT molecular complexity index is 142. The lowest BCUT2D eigenvalue weighted by Crippen LogP contribution is -2.34. The first-order valence-corrected chi connectivity index (χ1v) is 5.76. The molecule has 1 rings (SSSR count). The van der Waals surface area contributed by atoms with Crippen LogP contribution in [0.25, 0.3) is 0 Å². The van der Waals surface area contributed by atoms with E-state index in [-0.39, 0.29) is 0 Å². The van der Waals surface area contributed by atoms with Gasteiger partial charge in [-0.15, -0.1) is 0 Å². The molecule has 1 nitrogen and oxygen atoms in total. The topological polar surface area (TPSA) is 9.23 Å². The van der Waals surface area contributed by atoms with Gasteiger partial charge >= 0.3 is 0 Å². The zero-order valence-electron chi connectivity index (χ0n) is 9.55. The Hall–Kier alpha value is -0.0400. The van der Waals surface area contributed by atoms with Gasteiger partial charge in [0.15, 0.2) is 0 Å². The van der Waals surface area contributed by atoms with Gasteiger partial charge in [-0.25, -0.2) is 0 Å². The fourth-order valence-electron chi connectivity index (χ4n) is 2.52. The molecular formula is C12H24O. The van der Waals surface area contributed by atoms with Crippen LogP contribution in [-0.4, -0.2) is 12.7 Å². The molecule has 0 heterocycles. The fraction of sp³-hybridized carbons (Fsp3) is 1.00. The Labute approximate surface area is 82.9 Å². The second-order valence-electron chi connectivity index (χ2n) is 4.82. The lowest BCUT2D eigenvalue weighted by molar-refractivity contribution is -0.0327. The van der Waals surface area contributed by atoms with Crippen LogP contribution in [0.15, 0.2) is 0 Å². The van der Waals surface area contributed by atoms with Gasteiger partial charge in [-0.05, 0) is 37.5 Å². The summed E-state index contributed by atoms with van der Waals surface area (Å²) in [5.41, 5.74) is 0. The van der Waals surface area contributed by atoms with Crippen molar-refractivity contribution in [1.82, 2.24) is 0 Å². The third-order valence-corrected chi connectivity index (χ3v) is 3.34. The van der Waals surface area contributed by atoms with Crippen molar-refractivity contribution < 1.29 is 4.74 Å². The summed E-state index contributed by atoms with van der Waals surface area (Å²) in [5, 5.41) is 0. The number of hydrogen-bond donors (Lipinski definition) is 0. The van der Waals surface area contributed by atoms with E-state index in [1.165, 1.54) is 19.3 Å². The molecule has 0 spiro atoms. The van der Waals surface area contributed by atoms with Gasteiger partial charge in [0.05, 0.1) is 6.10 Å². The molecule has 0 aromatic rings. The molecule has 0 unspecified atom stereocenters. The van der Waals surface area contributed by atoms with Crippen LogP contribution in [0, 0.1) is 17.8 Å². The van der Waals surface area contributed by atoms with Crippen LogP contribution < -0.4 is 0 Å². The van der Waals surface area contributed by atoms with Crippen molar-refractivity contribution in [3.05, 3.63) is 0 Å². The van der Waals surface area contributed by atoms with Crippen LogP contribution in [0.5, 0.6) is 0 Å². The highest BCUT2D eigenvalue weighted by atomic mass is 16.5. The zero-order valence-corrected chi connectivity index (χ0v) is 9.55. The third kappa shape index (κ3) is 2.98. The van der Waals surface area contributed by atoms with Crippen molar-refractivity contribution >= 4 is 0 Å². The van der Waals surface area contributed by atoms with E-state index in [1.54, 1.807) is 0 Å². The van der Waals surface area contributed by atoms with Crippen LogP contribution in [0.3, 0.4) is 0 Å². The quantitative estimate of drug-likeness (QED) is 0.652. The predicted octanol–water partition coefficient (Wildman–Crippen LogP) is 3.48. The smallest absolute Gasteiger partial charge is 0.0608 e. The van der Waals surface area contributed by atoms with Crippen LogP contribution in [0.1, 0.15) is 47.0 Å². The average Bonchev–Trinajstić information content (AvgIpc) is 2.04. The molecular weight excluding hydrogens is 160 g/mol. The molecule has 1 aliphatic rings. The van der Waals surface area contributed by atoms with E-state index >= 15 is 0 Å². The summed E-state index contributed by atoms with van der Waals surface area (Å²) >= 11 is 0. The standard InChI is InChI=1S/C12H24O/c1-5-13-12-8-10(4)6-7-11(12)9(2)3/h9-12H,5-8H2,1-4H3/t10-,11+,12-/m0/s1. The van der Waals surface area contributed by atoms with Gasteiger partial charge in [0, 0.05) is 6.61 Å². The Balaban J connectivity index is 2.50. The van der Waals surface area contributed by atoms with Gasteiger partial charge in [-0.1, -0.05) is 27.2 Å². The summed E-state index contributed by atoms with van der Waals surface area (Å²) < 4.78 is 5.83. The molecule has 0 aliphatic heterocycles. The van der Waals surface area contributed by atoms with Crippen molar-refractivity contribution in [2.45, 2.75) is 53.1 Å². The molecule has 0 N–H and O–H groups in total. The minimum absolute atomic E-state index is 0.536. The Morgan fingerprint density at radius 3 is 2.54 bits per heavy atom. The summed E-state index contributed by atoms with van der Waals surface area (Å²) in [4.78, 5) is 0. The van der Waals surface area contributed by atoms with E-state index < -0.39 is 0 Å². The van der Waals surface area contributed by atoms with Crippen molar-refractivity contribution in [3.8, 4) is 0 Å². The summed E-state index contributed by atoms with van der Waals surface area (Å²) in [7, 11) is 0. The summed E-state index contributed by atoms with van der Waals surface area (Å²) in [6, 6.07) is 0. The van der Waals surface area contributed by atoms with Crippen LogP contribution >= 0.6 is 0 Å². The van der Waals surface area contributed by atoms with Gasteiger partial charge in [0.2, 0.25) is 0 Å². The molecule has 78 valence electrons. The molecule has 3 atom stereocenters. The molecule has 0 bridgehead atoms. The minimum atomic E-state index is 0.536. The molecule has 0 radical (unpaired) electrons. The maximum absolute atomic E-state index is 5.83. The van der Waals surface area contributed by atoms with E-state index in [4.69, 9.17) is 4.74 Å². The maximum Gasteiger partial charge on any atom is 0.0608 e. The Morgan fingerprint density at radius 1 is 1.31 bits per heavy atom. The average molecular weight is 184 g/mol. The van der Waals surface area contributed by atoms with Crippen molar-refractivity contribution in [2.24, 2.45) is 17.8 Å². The molecule has 0 saturated heterocycles. The monoisotopic (exact) mass is 184 g/mol. The highest BCUT2D eigenvalue weighted by Crippen LogP contribution is 2.35. The lowest BCUT2D eigenvalue weighted by atomic mass is 9.75. The largest absolute Gasteiger partial charge is 0.378 e. The Morgan fingerprint density at radius 2 is 2.00 bits per heavy atom. The van der Waals surface area contributed by atoms with E-state index in [0.717, 1.165) is 24.4 Å². The van der Waals surface area contributed by atoms with Crippen LogP contribution in [-0.2, 0) is 4.74 Å². The maximum atomic E-state index is 5.83. The number of hydrogen-bond acceptors (Lipinski definition) is 1. The first-order valence-electron chi connectivity index (χ1n) is 5.76. The van der Waals surface area contributed by atoms with Crippen LogP contribution in [0.2, 0.25) is 0 Å². The van der Waals surface area contributed by atoms with Gasteiger partial charge in [0.1, 0.15) is 0 Å². The normalized spacial score (nSPS) is 35.3. The van der Waals surface area contributed by atoms with Gasteiger partial charge in [0.25, 0.3) is 0 Å². The van der Waals surface area contributed by atoms with Crippen molar-refractivity contribution in [2.75, 3.05) is 6.61 Å².